The van der Waals surface area contributed by atoms with Gasteiger partial charge in [-0.3, -0.25) is 4.79 Å². The third-order valence-electron chi connectivity index (χ3n) is 5.25. The van der Waals surface area contributed by atoms with Crippen molar-refractivity contribution in [2.75, 3.05) is 59.1 Å². The van der Waals surface area contributed by atoms with E-state index in [4.69, 9.17) is 26.1 Å². The summed E-state index contributed by atoms with van der Waals surface area (Å²) in [6, 6.07) is 7.45. The molecule has 3 rings (SSSR count). The zero-order chi connectivity index (χ0) is 20.5. The van der Waals surface area contributed by atoms with E-state index >= 15 is 0 Å². The van der Waals surface area contributed by atoms with Gasteiger partial charge in [0.05, 0.1) is 24.8 Å². The summed E-state index contributed by atoms with van der Waals surface area (Å²) in [4.78, 5) is 21.6. The van der Waals surface area contributed by atoms with Crippen LogP contribution < -0.4 is 10.1 Å². The van der Waals surface area contributed by atoms with Gasteiger partial charge in [0.15, 0.2) is 5.96 Å². The van der Waals surface area contributed by atoms with Crippen molar-refractivity contribution in [1.29, 1.82) is 0 Å². The highest BCUT2D eigenvalue weighted by Gasteiger charge is 2.30. The van der Waals surface area contributed by atoms with Crippen LogP contribution in [-0.4, -0.2) is 80.8 Å². The van der Waals surface area contributed by atoms with Gasteiger partial charge in [-0.15, -0.1) is 24.0 Å². The van der Waals surface area contributed by atoms with E-state index in [1.54, 1.807) is 0 Å². The number of para-hydroxylation sites is 1. The summed E-state index contributed by atoms with van der Waals surface area (Å²) >= 11 is 6.11. The zero-order valence-corrected chi connectivity index (χ0v) is 20.6. The number of benzene rings is 1. The fraction of sp³-hybridized carbons (Fsp3) is 0.619. The van der Waals surface area contributed by atoms with Crippen LogP contribution in [0.15, 0.2) is 29.3 Å². The van der Waals surface area contributed by atoms with Gasteiger partial charge in [-0.05, 0) is 31.9 Å². The summed E-state index contributed by atoms with van der Waals surface area (Å²) in [5.74, 6) is 1.95. The van der Waals surface area contributed by atoms with Crippen LogP contribution in [0.4, 0.5) is 0 Å². The van der Waals surface area contributed by atoms with E-state index in [9.17, 15) is 4.79 Å². The number of carbonyl (C=O) groups is 1. The molecule has 0 spiro atoms. The van der Waals surface area contributed by atoms with E-state index < -0.39 is 0 Å². The third kappa shape index (κ3) is 7.16. The number of likely N-dealkylation sites (tertiary alicyclic amines) is 1. The molecular formula is C21H32ClIN4O3. The Morgan fingerprint density at radius 3 is 2.57 bits per heavy atom. The summed E-state index contributed by atoms with van der Waals surface area (Å²) in [6.07, 6.45) is 1.72. The maximum atomic E-state index is 12.7. The number of piperidine rings is 1. The average Bonchev–Trinajstić information content (AvgIpc) is 2.77. The monoisotopic (exact) mass is 550 g/mol. The molecule has 1 aromatic carbocycles. The molecule has 9 heteroatoms. The van der Waals surface area contributed by atoms with Crippen molar-refractivity contribution < 1.29 is 14.3 Å². The van der Waals surface area contributed by atoms with Gasteiger partial charge in [-0.25, -0.2) is 4.99 Å². The quantitative estimate of drug-likeness (QED) is 0.255. The average molecular weight is 551 g/mol. The van der Waals surface area contributed by atoms with E-state index in [-0.39, 0.29) is 35.8 Å². The number of carbonyl (C=O) groups excluding carboxylic acids is 1. The number of ether oxygens (including phenoxy) is 2. The molecule has 1 N–H and O–H groups in total. The molecule has 2 saturated heterocycles. The first-order chi connectivity index (χ1) is 14.2. The van der Waals surface area contributed by atoms with Gasteiger partial charge in [-0.2, -0.15) is 0 Å². The molecule has 0 unspecified atom stereocenters. The summed E-state index contributed by atoms with van der Waals surface area (Å²) in [5.41, 5.74) is 0. The topological polar surface area (TPSA) is 66.4 Å². The Bertz CT molecular complexity index is 693. The molecule has 0 atom stereocenters. The minimum Gasteiger partial charge on any atom is -0.490 e. The number of rotatable bonds is 6. The fourth-order valence-corrected chi connectivity index (χ4v) is 3.87. The molecule has 2 heterocycles. The Kier molecular flexibility index (Phi) is 11.0. The van der Waals surface area contributed by atoms with Crippen molar-refractivity contribution in [3.05, 3.63) is 29.3 Å². The van der Waals surface area contributed by atoms with Crippen molar-refractivity contribution in [3.63, 3.8) is 0 Å². The van der Waals surface area contributed by atoms with E-state index in [2.05, 4.69) is 17.1 Å². The summed E-state index contributed by atoms with van der Waals surface area (Å²) in [7, 11) is 0. The first-order valence-corrected chi connectivity index (χ1v) is 10.8. The largest absolute Gasteiger partial charge is 0.490 e. The second-order valence-corrected chi connectivity index (χ2v) is 7.62. The Balaban J connectivity index is 0.00000320. The van der Waals surface area contributed by atoms with Crippen molar-refractivity contribution in [1.82, 2.24) is 15.1 Å². The van der Waals surface area contributed by atoms with Gasteiger partial charge >= 0.3 is 0 Å². The van der Waals surface area contributed by atoms with E-state index in [0.717, 1.165) is 38.4 Å². The standard InChI is InChI=1S/C21H31ClN4O3.HI/c1-2-23-21(24-9-14-29-19-6-4-3-5-18(19)22)26-10-7-17(8-11-26)20(27)25-12-15-28-16-13-25;/h3-6,17H,2,7-16H2,1H3,(H,23,24);1H. The van der Waals surface area contributed by atoms with Gasteiger partial charge in [0.25, 0.3) is 0 Å². The molecule has 1 aromatic rings. The molecule has 2 aliphatic rings. The van der Waals surface area contributed by atoms with Gasteiger partial charge in [0, 0.05) is 38.6 Å². The molecule has 0 aromatic heterocycles. The summed E-state index contributed by atoms with van der Waals surface area (Å²) in [5, 5.41) is 3.96. The highest BCUT2D eigenvalue weighted by Crippen LogP contribution is 2.23. The number of nitrogens with zero attached hydrogens (tertiary/aromatic N) is 3. The molecule has 0 radical (unpaired) electrons. The first kappa shape index (κ1) is 25.0. The maximum Gasteiger partial charge on any atom is 0.225 e. The predicted octanol–water partition coefficient (Wildman–Crippen LogP) is 2.87. The van der Waals surface area contributed by atoms with Crippen LogP contribution in [0, 0.1) is 5.92 Å². The molecule has 2 aliphatic heterocycles. The molecule has 30 heavy (non-hydrogen) atoms. The van der Waals surface area contributed by atoms with Crippen molar-refractivity contribution >= 4 is 47.4 Å². The van der Waals surface area contributed by atoms with Crippen LogP contribution in [0.1, 0.15) is 19.8 Å². The lowest BCUT2D eigenvalue weighted by Gasteiger charge is -2.36. The molecule has 1 amide bonds. The second-order valence-electron chi connectivity index (χ2n) is 7.21. The summed E-state index contributed by atoms with van der Waals surface area (Å²) in [6.45, 7) is 8.27. The molecule has 0 saturated carbocycles. The number of amides is 1. The van der Waals surface area contributed by atoms with E-state index in [0.29, 0.717) is 50.2 Å². The SMILES string of the molecule is CCNC(=NCCOc1ccccc1Cl)N1CCC(C(=O)N2CCOCC2)CC1.I. The van der Waals surface area contributed by atoms with E-state index in [1.165, 1.54) is 0 Å². The second kappa shape index (κ2) is 13.2. The van der Waals surface area contributed by atoms with Crippen LogP contribution in [0.2, 0.25) is 5.02 Å². The van der Waals surface area contributed by atoms with Crippen molar-refractivity contribution in [2.45, 2.75) is 19.8 Å². The van der Waals surface area contributed by atoms with Crippen LogP contribution in [-0.2, 0) is 9.53 Å². The van der Waals surface area contributed by atoms with Crippen molar-refractivity contribution in [2.24, 2.45) is 10.9 Å². The van der Waals surface area contributed by atoms with Gasteiger partial charge < -0.3 is 24.6 Å². The Hall–Kier alpha value is -1.26. The molecular weight excluding hydrogens is 519 g/mol. The Morgan fingerprint density at radius 1 is 1.20 bits per heavy atom. The minimum atomic E-state index is 0. The summed E-state index contributed by atoms with van der Waals surface area (Å²) < 4.78 is 11.1. The predicted molar refractivity (Wildman–Crippen MR) is 130 cm³/mol. The number of halogens is 2. The molecule has 0 bridgehead atoms. The number of morpholine rings is 1. The lowest BCUT2D eigenvalue weighted by Crippen LogP contribution is -2.50. The van der Waals surface area contributed by atoms with E-state index in [1.807, 2.05) is 29.2 Å². The molecule has 0 aliphatic carbocycles. The third-order valence-corrected chi connectivity index (χ3v) is 5.56. The van der Waals surface area contributed by atoms with Crippen LogP contribution in [0.5, 0.6) is 5.75 Å². The number of guanidine groups is 1. The lowest BCUT2D eigenvalue weighted by molar-refractivity contribution is -0.140. The highest BCUT2D eigenvalue weighted by molar-refractivity contribution is 14.0. The molecule has 7 nitrogen and oxygen atoms in total. The molecule has 2 fully saturated rings. The van der Waals surface area contributed by atoms with Crippen molar-refractivity contribution in [3.8, 4) is 5.75 Å². The van der Waals surface area contributed by atoms with Gasteiger partial charge in [0.1, 0.15) is 12.4 Å². The fourth-order valence-electron chi connectivity index (χ4n) is 3.67. The molecule has 168 valence electrons. The number of nitrogens with one attached hydrogen (secondary N) is 1. The lowest BCUT2D eigenvalue weighted by atomic mass is 9.95. The Morgan fingerprint density at radius 2 is 1.90 bits per heavy atom. The van der Waals surface area contributed by atoms with Gasteiger partial charge in [-0.1, -0.05) is 23.7 Å². The number of hydrogen-bond acceptors (Lipinski definition) is 4. The smallest absolute Gasteiger partial charge is 0.225 e. The van der Waals surface area contributed by atoms with Crippen LogP contribution >= 0.6 is 35.6 Å². The van der Waals surface area contributed by atoms with Crippen LogP contribution in [0.25, 0.3) is 0 Å². The number of aliphatic imine (C=N–C) groups is 1. The zero-order valence-electron chi connectivity index (χ0n) is 17.5. The van der Waals surface area contributed by atoms with Gasteiger partial charge in [0.2, 0.25) is 5.91 Å². The first-order valence-electron chi connectivity index (χ1n) is 10.5. The highest BCUT2D eigenvalue weighted by atomic mass is 127. The Labute approximate surface area is 201 Å². The minimum absolute atomic E-state index is 0. The number of hydrogen-bond donors (Lipinski definition) is 1. The maximum absolute atomic E-state index is 12.7. The normalized spacial score (nSPS) is 18.0. The van der Waals surface area contributed by atoms with Crippen LogP contribution in [0.3, 0.4) is 0 Å².